The lowest BCUT2D eigenvalue weighted by Gasteiger charge is -2.21. The van der Waals surface area contributed by atoms with Crippen LogP contribution in [0.3, 0.4) is 0 Å². The van der Waals surface area contributed by atoms with Crippen molar-refractivity contribution in [2.45, 2.75) is 27.1 Å². The fourth-order valence-electron chi connectivity index (χ4n) is 1.05. The molecule has 82 valence electrons. The Labute approximate surface area is 89.7 Å². The number of hydrogen-bond donors (Lipinski definition) is 1. The first-order valence-electron chi connectivity index (χ1n) is 4.85. The lowest BCUT2D eigenvalue weighted by Crippen LogP contribution is -2.36. The van der Waals surface area contributed by atoms with Crippen molar-refractivity contribution in [1.29, 1.82) is 0 Å². The molecule has 3 nitrogen and oxygen atoms in total. The highest BCUT2D eigenvalue weighted by molar-refractivity contribution is 5.86. The highest BCUT2D eigenvalue weighted by Gasteiger charge is 2.29. The Morgan fingerprint density at radius 1 is 1.27 bits per heavy atom. The fraction of sp³-hybridized carbons (Fsp3) is 0.417. The molecule has 1 aromatic carbocycles. The Hall–Kier alpha value is -1.35. The zero-order chi connectivity index (χ0) is 11.5. The second-order valence-electron chi connectivity index (χ2n) is 4.40. The molecule has 0 bridgehead atoms. The van der Waals surface area contributed by atoms with Crippen molar-refractivity contribution in [3.8, 4) is 5.75 Å². The zero-order valence-corrected chi connectivity index (χ0v) is 9.23. The van der Waals surface area contributed by atoms with E-state index in [1.807, 2.05) is 6.07 Å². The van der Waals surface area contributed by atoms with Crippen LogP contribution in [-0.4, -0.2) is 17.2 Å². The second kappa shape index (κ2) is 4.45. The predicted molar refractivity (Wildman–Crippen MR) is 57.5 cm³/mol. The third-order valence-electron chi connectivity index (χ3n) is 1.95. The Morgan fingerprint density at radius 3 is 2.27 bits per heavy atom. The van der Waals surface area contributed by atoms with E-state index in [2.05, 4.69) is 0 Å². The van der Waals surface area contributed by atoms with Gasteiger partial charge in [0.2, 0.25) is 5.78 Å². The molecular formula is C12H16O3. The normalized spacial score (nSPS) is 13.3. The van der Waals surface area contributed by atoms with Crippen LogP contribution in [-0.2, 0) is 4.79 Å². The van der Waals surface area contributed by atoms with Crippen LogP contribution < -0.4 is 4.74 Å². The predicted octanol–water partition coefficient (Wildman–Crippen LogP) is 2.00. The summed E-state index contributed by atoms with van der Waals surface area (Å²) in [6.45, 7) is 5.23. The number of benzene rings is 1. The van der Waals surface area contributed by atoms with Gasteiger partial charge in [0.25, 0.3) is 6.29 Å². The summed E-state index contributed by atoms with van der Waals surface area (Å²) in [6.07, 6.45) is -1.40. The Morgan fingerprint density at radius 2 is 1.80 bits per heavy atom. The molecule has 15 heavy (non-hydrogen) atoms. The van der Waals surface area contributed by atoms with Crippen molar-refractivity contribution in [2.24, 2.45) is 5.41 Å². The van der Waals surface area contributed by atoms with Gasteiger partial charge >= 0.3 is 0 Å². The molecule has 0 spiro atoms. The number of Topliss-reactive ketones (excluding diaryl/α,β-unsaturated/α-hetero) is 1. The third-order valence-corrected chi connectivity index (χ3v) is 1.95. The molecule has 1 N–H and O–H groups in total. The fourth-order valence-corrected chi connectivity index (χ4v) is 1.05. The topological polar surface area (TPSA) is 46.5 Å². The van der Waals surface area contributed by atoms with Gasteiger partial charge in [0.15, 0.2) is 0 Å². The Bertz CT molecular complexity index is 324. The number of para-hydroxylation sites is 1. The second-order valence-corrected chi connectivity index (χ2v) is 4.40. The van der Waals surface area contributed by atoms with Gasteiger partial charge in [-0.1, -0.05) is 39.0 Å². The van der Waals surface area contributed by atoms with Gasteiger partial charge in [-0.15, -0.1) is 0 Å². The minimum Gasteiger partial charge on any atom is -0.458 e. The summed E-state index contributed by atoms with van der Waals surface area (Å²) in [5.41, 5.74) is -0.603. The number of ketones is 1. The van der Waals surface area contributed by atoms with Crippen molar-refractivity contribution in [3.63, 3.8) is 0 Å². The molecule has 0 saturated heterocycles. The van der Waals surface area contributed by atoms with Crippen LogP contribution in [0, 0.1) is 5.41 Å². The van der Waals surface area contributed by atoms with E-state index in [0.29, 0.717) is 5.75 Å². The van der Waals surface area contributed by atoms with Gasteiger partial charge in [0, 0.05) is 5.41 Å². The van der Waals surface area contributed by atoms with Crippen molar-refractivity contribution in [2.75, 3.05) is 0 Å². The maximum absolute atomic E-state index is 11.6. The van der Waals surface area contributed by atoms with Crippen LogP contribution >= 0.6 is 0 Å². The number of carbonyl (C=O) groups is 1. The smallest absolute Gasteiger partial charge is 0.258 e. The van der Waals surface area contributed by atoms with E-state index in [-0.39, 0.29) is 5.78 Å². The summed E-state index contributed by atoms with van der Waals surface area (Å²) in [5, 5.41) is 9.53. The monoisotopic (exact) mass is 208 g/mol. The summed E-state index contributed by atoms with van der Waals surface area (Å²) in [4.78, 5) is 11.6. The van der Waals surface area contributed by atoms with E-state index >= 15 is 0 Å². The third kappa shape index (κ3) is 3.36. The van der Waals surface area contributed by atoms with Gasteiger partial charge in [-0.2, -0.15) is 0 Å². The number of ether oxygens (including phenoxy) is 1. The first-order chi connectivity index (χ1) is 6.91. The van der Waals surface area contributed by atoms with Crippen molar-refractivity contribution < 1.29 is 14.6 Å². The van der Waals surface area contributed by atoms with Gasteiger partial charge in [-0.3, -0.25) is 4.79 Å². The van der Waals surface area contributed by atoms with Crippen LogP contribution in [0.1, 0.15) is 20.8 Å². The summed E-state index contributed by atoms with van der Waals surface area (Å²) >= 11 is 0. The van der Waals surface area contributed by atoms with Gasteiger partial charge in [-0.05, 0) is 12.1 Å². The average molecular weight is 208 g/mol. The van der Waals surface area contributed by atoms with Crippen LogP contribution in [0.4, 0.5) is 0 Å². The van der Waals surface area contributed by atoms with Crippen molar-refractivity contribution >= 4 is 5.78 Å². The lowest BCUT2D eigenvalue weighted by molar-refractivity contribution is -0.149. The van der Waals surface area contributed by atoms with E-state index in [1.165, 1.54) is 0 Å². The molecule has 0 radical (unpaired) electrons. The van der Waals surface area contributed by atoms with Crippen LogP contribution in [0.25, 0.3) is 0 Å². The molecule has 0 aliphatic carbocycles. The van der Waals surface area contributed by atoms with Crippen molar-refractivity contribution in [3.05, 3.63) is 30.3 Å². The Kier molecular flexibility index (Phi) is 3.48. The molecule has 1 rings (SSSR count). The molecule has 1 aromatic rings. The van der Waals surface area contributed by atoms with Gasteiger partial charge in [-0.25, -0.2) is 0 Å². The highest BCUT2D eigenvalue weighted by atomic mass is 16.6. The van der Waals surface area contributed by atoms with E-state index in [9.17, 15) is 9.90 Å². The lowest BCUT2D eigenvalue weighted by atomic mass is 9.90. The zero-order valence-electron chi connectivity index (χ0n) is 9.23. The molecule has 0 amide bonds. The standard InChI is InChI=1S/C12H16O3/c1-12(2,3)10(13)11(14)15-9-7-5-4-6-8-9/h4-8,11,14H,1-3H3. The molecular weight excluding hydrogens is 192 g/mol. The summed E-state index contributed by atoms with van der Waals surface area (Å²) < 4.78 is 5.11. The quantitative estimate of drug-likeness (QED) is 0.773. The van der Waals surface area contributed by atoms with E-state index in [4.69, 9.17) is 4.74 Å². The molecule has 0 aliphatic rings. The minimum atomic E-state index is -1.40. The summed E-state index contributed by atoms with van der Waals surface area (Å²) in [5.74, 6) is 0.161. The molecule has 0 aromatic heterocycles. The maximum atomic E-state index is 11.6. The number of aliphatic hydroxyl groups excluding tert-OH is 1. The number of aliphatic hydroxyl groups is 1. The largest absolute Gasteiger partial charge is 0.458 e. The van der Waals surface area contributed by atoms with Crippen LogP contribution in [0.2, 0.25) is 0 Å². The molecule has 0 saturated carbocycles. The van der Waals surface area contributed by atoms with Crippen molar-refractivity contribution in [1.82, 2.24) is 0 Å². The van der Waals surface area contributed by atoms with Gasteiger partial charge < -0.3 is 9.84 Å². The molecule has 0 aliphatic heterocycles. The van der Waals surface area contributed by atoms with Gasteiger partial charge in [0.05, 0.1) is 0 Å². The molecule has 0 heterocycles. The number of hydrogen-bond acceptors (Lipinski definition) is 3. The molecule has 1 unspecified atom stereocenters. The maximum Gasteiger partial charge on any atom is 0.258 e. The minimum absolute atomic E-state index is 0.327. The summed E-state index contributed by atoms with van der Waals surface area (Å²) in [6, 6.07) is 8.79. The Balaban J connectivity index is 2.65. The highest BCUT2D eigenvalue weighted by Crippen LogP contribution is 2.19. The average Bonchev–Trinajstić information content (AvgIpc) is 2.16. The first kappa shape index (κ1) is 11.7. The number of rotatable bonds is 3. The van der Waals surface area contributed by atoms with E-state index in [1.54, 1.807) is 45.0 Å². The molecule has 0 fully saturated rings. The van der Waals surface area contributed by atoms with E-state index in [0.717, 1.165) is 0 Å². The SMILES string of the molecule is CC(C)(C)C(=O)C(O)Oc1ccccc1. The molecule has 1 atom stereocenters. The number of carbonyl (C=O) groups excluding carboxylic acids is 1. The van der Waals surface area contributed by atoms with Crippen LogP contribution in [0.5, 0.6) is 5.75 Å². The first-order valence-corrected chi connectivity index (χ1v) is 4.85. The van der Waals surface area contributed by atoms with Gasteiger partial charge in [0.1, 0.15) is 5.75 Å². The van der Waals surface area contributed by atoms with Crippen LogP contribution in [0.15, 0.2) is 30.3 Å². The van der Waals surface area contributed by atoms with E-state index < -0.39 is 11.7 Å². The summed E-state index contributed by atoms with van der Waals surface area (Å²) in [7, 11) is 0. The molecule has 3 heteroatoms.